The molecule has 3 aliphatic heterocycles. The molecule has 0 radical (unpaired) electrons. The van der Waals surface area contributed by atoms with E-state index in [4.69, 9.17) is 9.47 Å². The number of ether oxygens (including phenoxy) is 3. The summed E-state index contributed by atoms with van der Waals surface area (Å²) < 4.78 is 15.2. The van der Waals surface area contributed by atoms with Crippen molar-refractivity contribution in [2.24, 2.45) is 11.8 Å². The van der Waals surface area contributed by atoms with Crippen LogP contribution < -0.4 is 0 Å². The summed E-state index contributed by atoms with van der Waals surface area (Å²) >= 11 is 0. The van der Waals surface area contributed by atoms with E-state index in [-0.39, 0.29) is 6.10 Å². The Kier molecular flexibility index (Phi) is 1.30. The highest BCUT2D eigenvalue weighted by molar-refractivity contribution is 5.98. The molecule has 0 spiro atoms. The van der Waals surface area contributed by atoms with Crippen LogP contribution in [-0.2, 0) is 23.8 Å². The fraction of sp³-hybridized carbons (Fsp3) is 0.556. The van der Waals surface area contributed by atoms with E-state index in [2.05, 4.69) is 4.74 Å². The van der Waals surface area contributed by atoms with E-state index in [0.29, 0.717) is 0 Å². The van der Waals surface area contributed by atoms with E-state index in [0.717, 1.165) is 0 Å². The topological polar surface area (TPSA) is 61.8 Å². The van der Waals surface area contributed by atoms with Crippen LogP contribution >= 0.6 is 0 Å². The molecule has 74 valence electrons. The first-order valence-corrected chi connectivity index (χ1v) is 4.36. The summed E-state index contributed by atoms with van der Waals surface area (Å²) in [5.74, 6) is -3.28. The second-order valence-electron chi connectivity index (χ2n) is 3.61. The van der Waals surface area contributed by atoms with Gasteiger partial charge in [0.2, 0.25) is 5.79 Å². The van der Waals surface area contributed by atoms with Crippen molar-refractivity contribution >= 4 is 11.9 Å². The van der Waals surface area contributed by atoms with Crippen LogP contribution in [0.15, 0.2) is 12.2 Å². The molecule has 0 aliphatic carbocycles. The van der Waals surface area contributed by atoms with Crippen LogP contribution in [0.2, 0.25) is 0 Å². The maximum absolute atomic E-state index is 11.4. The van der Waals surface area contributed by atoms with E-state index in [1.165, 1.54) is 7.11 Å². The summed E-state index contributed by atoms with van der Waals surface area (Å²) in [6, 6.07) is 0. The SMILES string of the molecule is CO[C@@]12C=C[C@@H](O1)[C@H]1C(=O)OC(=O)[C@H]12. The highest BCUT2D eigenvalue weighted by Gasteiger charge is 2.67. The standard InChI is InChI=1S/C9H8O5/c1-12-9-3-2-4(14-9)5-6(9)8(11)13-7(5)10/h2-6H,1H3/t4-,5-,6+,9+/m1/s1. The summed E-state index contributed by atoms with van der Waals surface area (Å²) in [4.78, 5) is 22.7. The third-order valence-corrected chi connectivity index (χ3v) is 3.03. The first-order valence-electron chi connectivity index (χ1n) is 4.36. The Morgan fingerprint density at radius 2 is 2.21 bits per heavy atom. The first kappa shape index (κ1) is 8.14. The molecule has 0 aromatic heterocycles. The minimum atomic E-state index is -1.07. The van der Waals surface area contributed by atoms with Gasteiger partial charge in [-0.15, -0.1) is 0 Å². The maximum atomic E-state index is 11.4. The Balaban J connectivity index is 2.10. The summed E-state index contributed by atoms with van der Waals surface area (Å²) in [5, 5.41) is 0. The van der Waals surface area contributed by atoms with Crippen molar-refractivity contribution in [1.29, 1.82) is 0 Å². The Morgan fingerprint density at radius 3 is 2.93 bits per heavy atom. The van der Waals surface area contributed by atoms with E-state index in [1.807, 2.05) is 0 Å². The van der Waals surface area contributed by atoms with Crippen molar-refractivity contribution in [1.82, 2.24) is 0 Å². The molecule has 0 aromatic rings. The van der Waals surface area contributed by atoms with Crippen molar-refractivity contribution in [3.8, 4) is 0 Å². The normalized spacial score (nSPS) is 48.5. The van der Waals surface area contributed by atoms with Crippen LogP contribution in [0.5, 0.6) is 0 Å². The van der Waals surface area contributed by atoms with Gasteiger partial charge < -0.3 is 14.2 Å². The van der Waals surface area contributed by atoms with Gasteiger partial charge in [-0.05, 0) is 6.08 Å². The van der Waals surface area contributed by atoms with Gasteiger partial charge in [-0.25, -0.2) is 0 Å². The van der Waals surface area contributed by atoms with Crippen LogP contribution in [0.4, 0.5) is 0 Å². The molecular weight excluding hydrogens is 188 g/mol. The highest BCUT2D eigenvalue weighted by atomic mass is 16.7. The van der Waals surface area contributed by atoms with E-state index in [1.54, 1.807) is 12.2 Å². The second-order valence-corrected chi connectivity index (χ2v) is 3.61. The fourth-order valence-corrected chi connectivity index (χ4v) is 2.39. The van der Waals surface area contributed by atoms with Gasteiger partial charge in [0.15, 0.2) is 0 Å². The van der Waals surface area contributed by atoms with E-state index >= 15 is 0 Å². The molecule has 2 bridgehead atoms. The summed E-state index contributed by atoms with van der Waals surface area (Å²) in [6.45, 7) is 0. The van der Waals surface area contributed by atoms with Gasteiger partial charge in [-0.2, -0.15) is 0 Å². The van der Waals surface area contributed by atoms with Crippen molar-refractivity contribution < 1.29 is 23.8 Å². The van der Waals surface area contributed by atoms with Gasteiger partial charge in [0, 0.05) is 7.11 Å². The summed E-state index contributed by atoms with van der Waals surface area (Å²) in [5.41, 5.74) is 0. The Hall–Kier alpha value is -1.20. The molecule has 0 aromatic carbocycles. The molecule has 2 saturated heterocycles. The van der Waals surface area contributed by atoms with Crippen LogP contribution in [-0.4, -0.2) is 30.9 Å². The third-order valence-electron chi connectivity index (χ3n) is 3.03. The molecule has 4 atom stereocenters. The zero-order chi connectivity index (χ0) is 9.92. The number of hydrogen-bond acceptors (Lipinski definition) is 5. The minimum absolute atomic E-state index is 0.376. The van der Waals surface area contributed by atoms with Gasteiger partial charge in [0.25, 0.3) is 0 Å². The average molecular weight is 196 g/mol. The lowest BCUT2D eigenvalue weighted by atomic mass is 9.83. The number of cyclic esters (lactones) is 2. The quantitative estimate of drug-likeness (QED) is 0.325. The molecule has 14 heavy (non-hydrogen) atoms. The smallest absolute Gasteiger partial charge is 0.323 e. The molecule has 0 N–H and O–H groups in total. The zero-order valence-electron chi connectivity index (χ0n) is 7.43. The molecule has 5 nitrogen and oxygen atoms in total. The van der Waals surface area contributed by atoms with Crippen molar-refractivity contribution in [2.75, 3.05) is 7.11 Å². The van der Waals surface area contributed by atoms with Crippen LogP contribution in [0.3, 0.4) is 0 Å². The largest absolute Gasteiger partial charge is 0.392 e. The minimum Gasteiger partial charge on any atom is -0.392 e. The van der Waals surface area contributed by atoms with Gasteiger partial charge in [0.05, 0.1) is 6.10 Å². The van der Waals surface area contributed by atoms with E-state index < -0.39 is 29.6 Å². The Labute approximate surface area is 79.6 Å². The molecule has 0 amide bonds. The average Bonchev–Trinajstić information content (AvgIpc) is 2.78. The van der Waals surface area contributed by atoms with Gasteiger partial charge in [-0.1, -0.05) is 6.08 Å². The zero-order valence-corrected chi connectivity index (χ0v) is 7.43. The van der Waals surface area contributed by atoms with Gasteiger partial charge in [0.1, 0.15) is 11.8 Å². The lowest BCUT2D eigenvalue weighted by Gasteiger charge is -2.24. The first-order chi connectivity index (χ1) is 6.68. The summed E-state index contributed by atoms with van der Waals surface area (Å²) in [7, 11) is 1.45. The van der Waals surface area contributed by atoms with Crippen LogP contribution in [0.25, 0.3) is 0 Å². The lowest BCUT2D eigenvalue weighted by Crippen LogP contribution is -2.39. The second kappa shape index (κ2) is 2.24. The van der Waals surface area contributed by atoms with Crippen LogP contribution in [0.1, 0.15) is 0 Å². The number of carbonyl (C=O) groups excluding carboxylic acids is 2. The van der Waals surface area contributed by atoms with Gasteiger partial charge >= 0.3 is 11.9 Å². The molecule has 5 heteroatoms. The molecule has 3 aliphatic rings. The number of fused-ring (bicyclic) bond motifs is 5. The molecule has 0 unspecified atom stereocenters. The monoisotopic (exact) mass is 196 g/mol. The number of methoxy groups -OCH3 is 1. The van der Waals surface area contributed by atoms with Crippen molar-refractivity contribution in [2.45, 2.75) is 11.9 Å². The lowest BCUT2D eigenvalue weighted by molar-refractivity contribution is -0.191. The molecule has 0 saturated carbocycles. The third kappa shape index (κ3) is 0.689. The fourth-order valence-electron chi connectivity index (χ4n) is 2.39. The predicted molar refractivity (Wildman–Crippen MR) is 41.8 cm³/mol. The Bertz CT molecular complexity index is 360. The highest BCUT2D eigenvalue weighted by Crippen LogP contribution is 2.51. The van der Waals surface area contributed by atoms with Gasteiger partial charge in [-0.3, -0.25) is 9.59 Å². The van der Waals surface area contributed by atoms with Crippen molar-refractivity contribution in [3.63, 3.8) is 0 Å². The summed E-state index contributed by atoms with van der Waals surface area (Å²) in [6.07, 6.45) is 3.04. The molecule has 2 fully saturated rings. The van der Waals surface area contributed by atoms with E-state index in [9.17, 15) is 9.59 Å². The van der Waals surface area contributed by atoms with Crippen molar-refractivity contribution in [3.05, 3.63) is 12.2 Å². The molecular formula is C9H8O5. The molecule has 3 rings (SSSR count). The number of rotatable bonds is 1. The number of carbonyl (C=O) groups is 2. The number of esters is 2. The Morgan fingerprint density at radius 1 is 1.43 bits per heavy atom. The number of hydrogen-bond donors (Lipinski definition) is 0. The van der Waals surface area contributed by atoms with Crippen LogP contribution in [0, 0.1) is 11.8 Å². The molecule has 3 heterocycles. The maximum Gasteiger partial charge on any atom is 0.323 e. The predicted octanol–water partition coefficient (Wildman–Crippen LogP) is -0.387.